The van der Waals surface area contributed by atoms with E-state index in [-0.39, 0.29) is 29.5 Å². The van der Waals surface area contributed by atoms with Gasteiger partial charge < -0.3 is 9.64 Å². The second-order valence-corrected chi connectivity index (χ2v) is 12.8. The monoisotopic (exact) mass is 555 g/mol. The molecule has 2 aliphatic heterocycles. The summed E-state index contributed by atoms with van der Waals surface area (Å²) in [6.07, 6.45) is 2.09. The maximum absolute atomic E-state index is 14.3. The van der Waals surface area contributed by atoms with E-state index in [1.54, 1.807) is 11.8 Å². The molecule has 40 heavy (non-hydrogen) atoms. The van der Waals surface area contributed by atoms with E-state index < -0.39 is 9.84 Å². The number of nitrogens with zero attached hydrogens (tertiary/aromatic N) is 3. The van der Waals surface area contributed by atoms with Crippen LogP contribution in [0.3, 0.4) is 0 Å². The summed E-state index contributed by atoms with van der Waals surface area (Å²) >= 11 is 0. The minimum Gasteiger partial charge on any atom is -0.497 e. The fourth-order valence-corrected chi connectivity index (χ4v) is 7.62. The maximum Gasteiger partial charge on any atom is 0.273 e. The predicted octanol–water partition coefficient (Wildman–Crippen LogP) is 5.27. The van der Waals surface area contributed by atoms with E-state index in [9.17, 15) is 13.2 Å². The zero-order valence-corrected chi connectivity index (χ0v) is 23.6. The third kappa shape index (κ3) is 4.81. The van der Waals surface area contributed by atoms with E-state index in [1.165, 1.54) is 5.56 Å². The van der Waals surface area contributed by atoms with Crippen molar-refractivity contribution in [3.63, 3.8) is 0 Å². The molecule has 206 valence electrons. The molecule has 1 aromatic heterocycles. The van der Waals surface area contributed by atoms with Crippen LogP contribution in [0.5, 0.6) is 5.75 Å². The number of hydrogen-bond donors (Lipinski definition) is 0. The Bertz CT molecular complexity index is 1630. The zero-order valence-electron chi connectivity index (χ0n) is 22.8. The van der Waals surface area contributed by atoms with Crippen molar-refractivity contribution in [3.8, 4) is 17.0 Å². The molecule has 0 spiro atoms. The van der Waals surface area contributed by atoms with Gasteiger partial charge in [0.2, 0.25) is 0 Å². The first-order chi connectivity index (χ1) is 19.4. The summed E-state index contributed by atoms with van der Waals surface area (Å²) in [6, 6.07) is 25.6. The molecule has 8 heteroatoms. The highest BCUT2D eigenvalue weighted by Gasteiger charge is 2.46. The number of sulfone groups is 1. The third-order valence-corrected chi connectivity index (χ3v) is 9.85. The normalized spacial score (nSPS) is 19.6. The molecular weight excluding hydrogens is 522 g/mol. The molecule has 0 bridgehead atoms. The molecule has 7 nitrogen and oxygen atoms in total. The molecular formula is C32H33N3O4S. The Hall–Kier alpha value is -3.91. The van der Waals surface area contributed by atoms with Gasteiger partial charge in [0.15, 0.2) is 9.84 Å². The van der Waals surface area contributed by atoms with Crippen molar-refractivity contribution in [2.24, 2.45) is 0 Å². The van der Waals surface area contributed by atoms with Gasteiger partial charge in [0.1, 0.15) is 11.4 Å². The minimum atomic E-state index is -3.18. The number of rotatable bonds is 8. The summed E-state index contributed by atoms with van der Waals surface area (Å²) in [5.41, 5.74) is 6.33. The second kappa shape index (κ2) is 10.6. The molecule has 1 saturated heterocycles. The first kappa shape index (κ1) is 26.3. The Balaban J connectivity index is 1.51. The van der Waals surface area contributed by atoms with Crippen molar-refractivity contribution in [1.29, 1.82) is 0 Å². The summed E-state index contributed by atoms with van der Waals surface area (Å²) in [6.45, 7) is 2.66. The smallest absolute Gasteiger partial charge is 0.273 e. The van der Waals surface area contributed by atoms with Crippen LogP contribution in [-0.4, -0.2) is 54.2 Å². The van der Waals surface area contributed by atoms with Gasteiger partial charge >= 0.3 is 0 Å². The van der Waals surface area contributed by atoms with Gasteiger partial charge in [-0.25, -0.2) is 8.42 Å². The van der Waals surface area contributed by atoms with Crippen LogP contribution < -0.4 is 4.74 Å². The van der Waals surface area contributed by atoms with Crippen LogP contribution in [0.4, 0.5) is 0 Å². The van der Waals surface area contributed by atoms with E-state index in [0.29, 0.717) is 30.8 Å². The van der Waals surface area contributed by atoms with Gasteiger partial charge in [-0.2, -0.15) is 5.10 Å². The molecule has 0 unspecified atom stereocenters. The largest absolute Gasteiger partial charge is 0.497 e. The number of aryl methyl sites for hydroxylation is 1. The molecule has 4 aromatic rings. The Labute approximate surface area is 235 Å². The van der Waals surface area contributed by atoms with Crippen molar-refractivity contribution in [3.05, 3.63) is 107 Å². The summed E-state index contributed by atoms with van der Waals surface area (Å²) in [5, 5.41) is 4.98. The van der Waals surface area contributed by atoms with Gasteiger partial charge in [0.05, 0.1) is 36.4 Å². The highest BCUT2D eigenvalue weighted by molar-refractivity contribution is 7.91. The Kier molecular flexibility index (Phi) is 6.96. The lowest BCUT2D eigenvalue weighted by Crippen LogP contribution is -2.32. The number of carbonyl (C=O) groups is 1. The minimum absolute atomic E-state index is 0.00364. The fraction of sp³-hybridized carbons (Fsp3) is 0.312. The molecule has 3 heterocycles. The highest BCUT2D eigenvalue weighted by Crippen LogP contribution is 2.45. The average molecular weight is 556 g/mol. The quantitative estimate of drug-likeness (QED) is 0.296. The Morgan fingerprint density at radius 3 is 2.30 bits per heavy atom. The van der Waals surface area contributed by atoms with E-state index in [0.717, 1.165) is 34.4 Å². The highest BCUT2D eigenvalue weighted by atomic mass is 32.2. The average Bonchev–Trinajstić information content (AvgIpc) is 3.63. The maximum atomic E-state index is 14.3. The van der Waals surface area contributed by atoms with Crippen LogP contribution >= 0.6 is 0 Å². The first-order valence-corrected chi connectivity index (χ1v) is 15.6. The summed E-state index contributed by atoms with van der Waals surface area (Å²) in [7, 11) is -1.55. The molecule has 0 aliphatic carbocycles. The zero-order chi connectivity index (χ0) is 27.9. The molecule has 0 radical (unpaired) electrons. The van der Waals surface area contributed by atoms with Crippen LogP contribution in [0, 0.1) is 0 Å². The van der Waals surface area contributed by atoms with Crippen LogP contribution in [0.15, 0.2) is 78.9 Å². The molecule has 6 rings (SSSR count). The molecule has 2 aliphatic rings. The van der Waals surface area contributed by atoms with Gasteiger partial charge in [0.25, 0.3) is 5.91 Å². The number of hydrogen-bond acceptors (Lipinski definition) is 5. The molecule has 1 amide bonds. The summed E-state index contributed by atoms with van der Waals surface area (Å²) in [4.78, 5) is 16.2. The Morgan fingerprint density at radius 2 is 1.68 bits per heavy atom. The van der Waals surface area contributed by atoms with Crippen molar-refractivity contribution < 1.29 is 17.9 Å². The molecule has 0 saturated carbocycles. The number of methoxy groups -OCH3 is 1. The lowest BCUT2D eigenvalue weighted by Gasteiger charge is -2.27. The van der Waals surface area contributed by atoms with Crippen molar-refractivity contribution in [2.75, 3.05) is 25.2 Å². The predicted molar refractivity (Wildman–Crippen MR) is 155 cm³/mol. The number of fused-ring (bicyclic) bond motifs is 1. The van der Waals surface area contributed by atoms with Crippen LogP contribution in [0.25, 0.3) is 11.3 Å². The first-order valence-electron chi connectivity index (χ1n) is 13.8. The summed E-state index contributed by atoms with van der Waals surface area (Å²) in [5.74, 6) is 0.731. The van der Waals surface area contributed by atoms with Gasteiger partial charge in [-0.3, -0.25) is 9.48 Å². The molecule has 2 atom stereocenters. The number of benzene rings is 3. The Morgan fingerprint density at radius 1 is 0.950 bits per heavy atom. The van der Waals surface area contributed by atoms with Gasteiger partial charge in [0, 0.05) is 17.7 Å². The topological polar surface area (TPSA) is 81.5 Å². The van der Waals surface area contributed by atoms with Gasteiger partial charge in [-0.1, -0.05) is 61.5 Å². The van der Waals surface area contributed by atoms with E-state index >= 15 is 0 Å². The van der Waals surface area contributed by atoms with Crippen LogP contribution in [0.1, 0.15) is 58.2 Å². The van der Waals surface area contributed by atoms with Crippen molar-refractivity contribution >= 4 is 15.7 Å². The van der Waals surface area contributed by atoms with E-state index in [2.05, 4.69) is 43.3 Å². The molecule has 1 fully saturated rings. The van der Waals surface area contributed by atoms with Crippen LogP contribution in [-0.2, 0) is 22.7 Å². The second-order valence-electron chi connectivity index (χ2n) is 10.6. The number of carbonyl (C=O) groups excluding carboxylic acids is 1. The van der Waals surface area contributed by atoms with Gasteiger partial charge in [-0.05, 0) is 60.2 Å². The number of aromatic nitrogens is 2. The summed E-state index contributed by atoms with van der Waals surface area (Å²) < 4.78 is 32.0. The van der Waals surface area contributed by atoms with E-state index in [4.69, 9.17) is 9.84 Å². The third-order valence-electron chi connectivity index (χ3n) is 8.10. The lowest BCUT2D eigenvalue weighted by molar-refractivity contribution is 0.0738. The standard InChI is InChI=1S/C32H33N3O4S/c1-3-22-9-11-25(12-10-22)30-28-29(24-13-15-27(39-2)16-14-24)33-35(26-18-20-40(37,38)21-26)31(28)32(36)34(30)19-17-23-7-5-4-6-8-23/h4-16,26,30H,3,17-21H2,1-2H3/t26-,30-/m0/s1. The van der Waals surface area contributed by atoms with Crippen LogP contribution in [0.2, 0.25) is 0 Å². The fourth-order valence-electron chi connectivity index (χ4n) is 5.93. The number of ether oxygens (including phenoxy) is 1. The van der Waals surface area contributed by atoms with E-state index in [1.807, 2.05) is 47.4 Å². The number of amides is 1. The SMILES string of the molecule is CCc1ccc([C@H]2c3c(-c4ccc(OC)cc4)nn([C@H]4CCS(=O)(=O)C4)c3C(=O)N2CCc2ccccc2)cc1. The van der Waals surface area contributed by atoms with Crippen molar-refractivity contribution in [1.82, 2.24) is 14.7 Å². The van der Waals surface area contributed by atoms with Gasteiger partial charge in [-0.15, -0.1) is 0 Å². The van der Waals surface area contributed by atoms with Crippen molar-refractivity contribution in [2.45, 2.75) is 38.3 Å². The molecule has 3 aromatic carbocycles. The lowest BCUT2D eigenvalue weighted by atomic mass is 9.95. The molecule has 0 N–H and O–H groups in total.